The number of carbonyl (C=O) groups is 1. The van der Waals surface area contributed by atoms with Gasteiger partial charge < -0.3 is 10.6 Å². The maximum Gasteiger partial charge on any atom is 0.254 e. The largest absolute Gasteiger partial charge is 0.322 e. The van der Waals surface area contributed by atoms with Crippen LogP contribution in [-0.4, -0.2) is 52.7 Å². The zero-order chi connectivity index (χ0) is 19.9. The number of aromatic amines is 1. The number of hydrogen-bond donors (Lipinski definition) is 3. The van der Waals surface area contributed by atoms with Crippen LogP contribution in [0.3, 0.4) is 0 Å². The fourth-order valence-electron chi connectivity index (χ4n) is 4.04. The van der Waals surface area contributed by atoms with Crippen LogP contribution in [0.15, 0.2) is 47.2 Å². The maximum absolute atomic E-state index is 15.1. The highest BCUT2D eigenvalue weighted by Gasteiger charge is 2.44. The van der Waals surface area contributed by atoms with Crippen molar-refractivity contribution in [3.63, 3.8) is 0 Å². The van der Waals surface area contributed by atoms with Gasteiger partial charge in [-0.25, -0.2) is 8.78 Å². The molecule has 1 amide bonds. The molecule has 6 nitrogen and oxygen atoms in total. The molecule has 3 N–H and O–H groups in total. The van der Waals surface area contributed by atoms with Gasteiger partial charge in [-0.1, -0.05) is 0 Å². The smallest absolute Gasteiger partial charge is 0.254 e. The second-order valence-electron chi connectivity index (χ2n) is 7.55. The SMILES string of the molecule is CC1=C(F)C(C)(N2CCNCC2)CC(C(=O)Nc2ccc3[nH]ncc3c2)=C1F. The Hall–Kier alpha value is -2.58. The molecule has 0 spiro atoms. The van der Waals surface area contributed by atoms with E-state index in [1.54, 1.807) is 31.3 Å². The van der Waals surface area contributed by atoms with Crippen LogP contribution in [0.25, 0.3) is 10.9 Å². The third-order valence-corrected chi connectivity index (χ3v) is 5.70. The van der Waals surface area contributed by atoms with E-state index >= 15 is 4.39 Å². The highest BCUT2D eigenvalue weighted by Crippen LogP contribution is 2.42. The number of carbonyl (C=O) groups excluding carboxylic acids is 1. The molecule has 1 saturated heterocycles. The fraction of sp³-hybridized carbons (Fsp3) is 0.400. The van der Waals surface area contributed by atoms with Crippen LogP contribution in [0, 0.1) is 0 Å². The summed E-state index contributed by atoms with van der Waals surface area (Å²) in [7, 11) is 0. The first-order chi connectivity index (χ1) is 13.4. The van der Waals surface area contributed by atoms with Crippen molar-refractivity contribution < 1.29 is 13.6 Å². The average Bonchev–Trinajstić information content (AvgIpc) is 3.17. The number of halogens is 2. The standard InChI is InChI=1S/C20H23F2N5O/c1-12-17(21)15(10-20(2,18(12)22)27-7-5-23-6-8-27)19(28)25-14-3-4-16-13(9-14)11-24-26-16/h3-4,9,11,23H,5-8,10H2,1-2H3,(H,24,26)(H,25,28). The molecule has 0 saturated carbocycles. The lowest BCUT2D eigenvalue weighted by molar-refractivity contribution is -0.113. The average molecular weight is 387 g/mol. The van der Waals surface area contributed by atoms with Gasteiger partial charge >= 0.3 is 0 Å². The maximum atomic E-state index is 15.1. The molecule has 4 rings (SSSR count). The van der Waals surface area contributed by atoms with Crippen LogP contribution in [0.4, 0.5) is 14.5 Å². The summed E-state index contributed by atoms with van der Waals surface area (Å²) >= 11 is 0. The summed E-state index contributed by atoms with van der Waals surface area (Å²) in [5.41, 5.74) is 0.238. The molecule has 0 radical (unpaired) electrons. The first-order valence-electron chi connectivity index (χ1n) is 9.36. The second-order valence-corrected chi connectivity index (χ2v) is 7.55. The molecule has 1 unspecified atom stereocenters. The number of nitrogens with zero attached hydrogens (tertiary/aromatic N) is 2. The molecule has 2 aliphatic rings. The zero-order valence-electron chi connectivity index (χ0n) is 15.9. The molecule has 1 fully saturated rings. The van der Waals surface area contributed by atoms with E-state index < -0.39 is 23.1 Å². The lowest BCUT2D eigenvalue weighted by Crippen LogP contribution is -2.56. The van der Waals surface area contributed by atoms with Crippen molar-refractivity contribution >= 4 is 22.5 Å². The van der Waals surface area contributed by atoms with Gasteiger partial charge in [0.15, 0.2) is 0 Å². The molecule has 0 bridgehead atoms. The van der Waals surface area contributed by atoms with E-state index in [1.807, 2.05) is 4.90 Å². The van der Waals surface area contributed by atoms with Crippen LogP contribution in [0.2, 0.25) is 0 Å². The fourth-order valence-corrected chi connectivity index (χ4v) is 4.04. The van der Waals surface area contributed by atoms with Gasteiger partial charge in [-0.2, -0.15) is 5.10 Å². The third kappa shape index (κ3) is 3.12. The highest BCUT2D eigenvalue weighted by atomic mass is 19.1. The molecule has 1 aromatic carbocycles. The molecule has 1 atom stereocenters. The van der Waals surface area contributed by atoms with Crippen LogP contribution >= 0.6 is 0 Å². The van der Waals surface area contributed by atoms with Crippen molar-refractivity contribution in [3.8, 4) is 0 Å². The number of fused-ring (bicyclic) bond motifs is 1. The number of allylic oxidation sites excluding steroid dienone is 2. The number of H-pyrrole nitrogens is 1. The molecular weight excluding hydrogens is 364 g/mol. The first-order valence-corrected chi connectivity index (χ1v) is 9.36. The lowest BCUT2D eigenvalue weighted by Gasteiger charge is -2.45. The normalized spacial score (nSPS) is 24.1. The molecule has 2 heterocycles. The number of amides is 1. The van der Waals surface area contributed by atoms with Crippen LogP contribution in [-0.2, 0) is 4.79 Å². The van der Waals surface area contributed by atoms with E-state index in [0.29, 0.717) is 18.8 Å². The molecule has 2 aromatic rings. The summed E-state index contributed by atoms with van der Waals surface area (Å²) in [6.45, 7) is 5.90. The third-order valence-electron chi connectivity index (χ3n) is 5.70. The molecule has 1 aliphatic heterocycles. The molecular formula is C20H23F2N5O. The molecule has 28 heavy (non-hydrogen) atoms. The molecule has 1 aromatic heterocycles. The molecule has 1 aliphatic carbocycles. The quantitative estimate of drug-likeness (QED) is 0.757. The van der Waals surface area contributed by atoms with Crippen LogP contribution < -0.4 is 10.6 Å². The zero-order valence-corrected chi connectivity index (χ0v) is 15.9. The number of nitrogens with one attached hydrogen (secondary N) is 3. The monoisotopic (exact) mass is 387 g/mol. The minimum absolute atomic E-state index is 0.0121. The first kappa shape index (κ1) is 18.8. The molecule has 148 valence electrons. The lowest BCUT2D eigenvalue weighted by atomic mass is 9.81. The van der Waals surface area contributed by atoms with Gasteiger partial charge in [0.1, 0.15) is 11.7 Å². The number of hydrogen-bond acceptors (Lipinski definition) is 4. The minimum atomic E-state index is -1.02. The summed E-state index contributed by atoms with van der Waals surface area (Å²) in [4.78, 5) is 14.9. The Bertz CT molecular complexity index is 989. The number of anilines is 1. The molecule has 8 heteroatoms. The van der Waals surface area contributed by atoms with Gasteiger partial charge in [0.05, 0.1) is 22.8 Å². The van der Waals surface area contributed by atoms with Crippen LogP contribution in [0.1, 0.15) is 20.3 Å². The van der Waals surface area contributed by atoms with Gasteiger partial charge in [-0.15, -0.1) is 0 Å². The van der Waals surface area contributed by atoms with Crippen molar-refractivity contribution in [1.29, 1.82) is 0 Å². The van der Waals surface area contributed by atoms with Crippen molar-refractivity contribution in [2.24, 2.45) is 0 Å². The number of benzene rings is 1. The Labute approximate surface area is 161 Å². The van der Waals surface area contributed by atoms with Crippen molar-refractivity contribution in [3.05, 3.63) is 47.2 Å². The minimum Gasteiger partial charge on any atom is -0.322 e. The van der Waals surface area contributed by atoms with Crippen molar-refractivity contribution in [2.75, 3.05) is 31.5 Å². The highest BCUT2D eigenvalue weighted by molar-refractivity contribution is 6.05. The summed E-state index contributed by atoms with van der Waals surface area (Å²) in [5, 5.41) is 13.6. The predicted octanol–water partition coefficient (Wildman–Crippen LogP) is 3.04. The van der Waals surface area contributed by atoms with E-state index in [1.165, 1.54) is 6.92 Å². The van der Waals surface area contributed by atoms with E-state index in [4.69, 9.17) is 0 Å². The van der Waals surface area contributed by atoms with E-state index in [0.717, 1.165) is 24.0 Å². The Morgan fingerprint density at radius 2 is 2.04 bits per heavy atom. The second kappa shape index (κ2) is 7.10. The van der Waals surface area contributed by atoms with Crippen molar-refractivity contribution in [1.82, 2.24) is 20.4 Å². The van der Waals surface area contributed by atoms with E-state index in [2.05, 4.69) is 20.8 Å². The summed E-state index contributed by atoms with van der Waals surface area (Å²) in [6, 6.07) is 5.27. The van der Waals surface area contributed by atoms with Gasteiger partial charge in [0.2, 0.25) is 0 Å². The van der Waals surface area contributed by atoms with E-state index in [-0.39, 0.29) is 17.6 Å². The van der Waals surface area contributed by atoms with E-state index in [9.17, 15) is 9.18 Å². The number of piperazine rings is 1. The van der Waals surface area contributed by atoms with Gasteiger partial charge in [-0.05, 0) is 32.0 Å². The Morgan fingerprint density at radius 3 is 2.79 bits per heavy atom. The Morgan fingerprint density at radius 1 is 1.29 bits per heavy atom. The Kier molecular flexibility index (Phi) is 4.76. The van der Waals surface area contributed by atoms with Gasteiger partial charge in [0.25, 0.3) is 5.91 Å². The number of aromatic nitrogens is 2. The van der Waals surface area contributed by atoms with Gasteiger partial charge in [-0.3, -0.25) is 14.8 Å². The predicted molar refractivity (Wildman–Crippen MR) is 104 cm³/mol. The van der Waals surface area contributed by atoms with Gasteiger partial charge in [0, 0.05) is 49.2 Å². The van der Waals surface area contributed by atoms with Crippen molar-refractivity contribution in [2.45, 2.75) is 25.8 Å². The summed E-state index contributed by atoms with van der Waals surface area (Å²) in [5.74, 6) is -1.82. The summed E-state index contributed by atoms with van der Waals surface area (Å²) < 4.78 is 29.9. The number of rotatable bonds is 3. The Balaban J connectivity index is 1.62. The van der Waals surface area contributed by atoms with Crippen LogP contribution in [0.5, 0.6) is 0 Å². The topological polar surface area (TPSA) is 73.1 Å². The summed E-state index contributed by atoms with van der Waals surface area (Å²) in [6.07, 6.45) is 1.64.